The second-order valence-corrected chi connectivity index (χ2v) is 6.17. The van der Waals surface area contributed by atoms with E-state index in [9.17, 15) is 9.18 Å². The summed E-state index contributed by atoms with van der Waals surface area (Å²) in [4.78, 5) is 16.6. The first-order valence-electron chi connectivity index (χ1n) is 8.46. The Labute approximate surface area is 154 Å². The van der Waals surface area contributed by atoms with E-state index in [1.807, 2.05) is 18.2 Å². The van der Waals surface area contributed by atoms with Crippen molar-refractivity contribution in [3.05, 3.63) is 65.3 Å². The van der Waals surface area contributed by atoms with Crippen molar-refractivity contribution in [2.24, 2.45) is 0 Å². The first kappa shape index (κ1) is 17.1. The minimum atomic E-state index is -0.329. The van der Waals surface area contributed by atoms with Crippen molar-refractivity contribution in [2.75, 3.05) is 6.79 Å². The van der Waals surface area contributed by atoms with Crippen molar-refractivity contribution in [1.82, 2.24) is 10.3 Å². The van der Waals surface area contributed by atoms with Gasteiger partial charge < -0.3 is 19.2 Å². The summed E-state index contributed by atoms with van der Waals surface area (Å²) in [6.45, 7) is 2.34. The number of fused-ring (bicyclic) bond motifs is 1. The van der Waals surface area contributed by atoms with E-state index >= 15 is 0 Å². The smallest absolute Gasteiger partial charge is 0.231 e. The number of halogens is 1. The van der Waals surface area contributed by atoms with Crippen molar-refractivity contribution in [3.8, 4) is 23.0 Å². The number of carbonyl (C=O) groups is 1. The van der Waals surface area contributed by atoms with Gasteiger partial charge in [-0.2, -0.15) is 0 Å². The minimum Gasteiger partial charge on any atom is -0.454 e. The summed E-state index contributed by atoms with van der Waals surface area (Å²) in [7, 11) is 0. The second-order valence-electron chi connectivity index (χ2n) is 6.17. The third-order valence-electron chi connectivity index (χ3n) is 4.24. The largest absolute Gasteiger partial charge is 0.454 e. The highest BCUT2D eigenvalue weighted by Crippen LogP contribution is 2.32. The Bertz CT molecular complexity index is 982. The predicted molar refractivity (Wildman–Crippen MR) is 94.7 cm³/mol. The van der Waals surface area contributed by atoms with E-state index in [1.165, 1.54) is 12.1 Å². The Kier molecular flexibility index (Phi) is 4.50. The highest BCUT2D eigenvalue weighted by atomic mass is 19.1. The number of carbonyl (C=O) groups excluding carboxylic acids is 1. The number of ether oxygens (including phenoxy) is 2. The van der Waals surface area contributed by atoms with Crippen LogP contribution in [0.4, 0.5) is 4.39 Å². The molecule has 3 aromatic rings. The number of benzene rings is 2. The number of hydrogen-bond acceptors (Lipinski definition) is 5. The van der Waals surface area contributed by atoms with Gasteiger partial charge in [-0.25, -0.2) is 9.37 Å². The lowest BCUT2D eigenvalue weighted by Crippen LogP contribution is -2.24. The lowest BCUT2D eigenvalue weighted by atomic mass is 10.2. The van der Waals surface area contributed by atoms with E-state index in [4.69, 9.17) is 13.9 Å². The van der Waals surface area contributed by atoms with Crippen LogP contribution in [0.3, 0.4) is 0 Å². The minimum absolute atomic E-state index is 0.0983. The molecule has 0 bridgehead atoms. The fourth-order valence-corrected chi connectivity index (χ4v) is 2.77. The van der Waals surface area contributed by atoms with Crippen LogP contribution < -0.4 is 14.8 Å². The number of rotatable bonds is 5. The molecule has 0 saturated heterocycles. The van der Waals surface area contributed by atoms with E-state index in [2.05, 4.69) is 10.3 Å². The van der Waals surface area contributed by atoms with Crippen LogP contribution in [0.2, 0.25) is 0 Å². The van der Waals surface area contributed by atoms with Gasteiger partial charge in [-0.3, -0.25) is 4.79 Å². The van der Waals surface area contributed by atoms with E-state index in [-0.39, 0.29) is 24.9 Å². The molecule has 1 amide bonds. The van der Waals surface area contributed by atoms with E-state index < -0.39 is 0 Å². The van der Waals surface area contributed by atoms with Gasteiger partial charge >= 0.3 is 0 Å². The molecule has 0 unspecified atom stereocenters. The first-order chi connectivity index (χ1) is 13.1. The Morgan fingerprint density at radius 2 is 1.93 bits per heavy atom. The van der Waals surface area contributed by atoms with Gasteiger partial charge in [0.05, 0.1) is 12.1 Å². The monoisotopic (exact) mass is 368 g/mol. The number of nitrogens with zero attached hydrogens (tertiary/aromatic N) is 1. The Balaban J connectivity index is 1.39. The van der Waals surface area contributed by atoms with Gasteiger partial charge in [0.2, 0.25) is 18.6 Å². The molecule has 1 aromatic heterocycles. The third kappa shape index (κ3) is 3.76. The lowest BCUT2D eigenvalue weighted by molar-refractivity contribution is -0.120. The summed E-state index contributed by atoms with van der Waals surface area (Å²) >= 11 is 0. The SMILES string of the molecule is Cc1oc(-c2ccc(F)cc2)nc1CC(=O)NCc1ccc2c(c1)OCO2. The molecule has 1 N–H and O–H groups in total. The van der Waals surface area contributed by atoms with Crippen molar-refractivity contribution in [2.45, 2.75) is 19.9 Å². The molecule has 0 atom stereocenters. The maximum atomic E-state index is 13.0. The first-order valence-corrected chi connectivity index (χ1v) is 8.46. The fraction of sp³-hybridized carbons (Fsp3) is 0.200. The molecular formula is C20H17FN2O4. The summed E-state index contributed by atoms with van der Waals surface area (Å²) in [5.74, 6) is 1.81. The van der Waals surface area contributed by atoms with Gasteiger partial charge in [0.25, 0.3) is 0 Å². The van der Waals surface area contributed by atoms with Crippen molar-refractivity contribution >= 4 is 5.91 Å². The van der Waals surface area contributed by atoms with Gasteiger partial charge in [0, 0.05) is 12.1 Å². The lowest BCUT2D eigenvalue weighted by Gasteiger charge is -2.05. The number of aromatic nitrogens is 1. The predicted octanol–water partition coefficient (Wildman–Crippen LogP) is 3.38. The standard InChI is InChI=1S/C20H17FN2O4/c1-12-16(23-20(27-12)14-3-5-15(21)6-4-14)9-19(24)22-10-13-2-7-17-18(8-13)26-11-25-17/h2-8H,9-11H2,1H3,(H,22,24). The Hall–Kier alpha value is -3.35. The van der Waals surface area contributed by atoms with Crippen LogP contribution in [0, 0.1) is 12.7 Å². The number of oxazole rings is 1. The van der Waals surface area contributed by atoms with Crippen molar-refractivity contribution in [1.29, 1.82) is 0 Å². The molecule has 0 aliphatic carbocycles. The van der Waals surface area contributed by atoms with Crippen LogP contribution in [0.15, 0.2) is 46.9 Å². The number of hydrogen-bond donors (Lipinski definition) is 1. The fourth-order valence-electron chi connectivity index (χ4n) is 2.77. The molecule has 2 heterocycles. The van der Waals surface area contributed by atoms with Crippen molar-refractivity contribution in [3.63, 3.8) is 0 Å². The molecule has 0 saturated carbocycles. The zero-order valence-corrected chi connectivity index (χ0v) is 14.6. The summed E-state index contributed by atoms with van der Waals surface area (Å²) in [6, 6.07) is 11.4. The van der Waals surface area contributed by atoms with Gasteiger partial charge in [-0.15, -0.1) is 0 Å². The molecule has 2 aromatic carbocycles. The number of aryl methyl sites for hydroxylation is 1. The summed E-state index contributed by atoms with van der Waals surface area (Å²) < 4.78 is 29.2. The molecule has 1 aliphatic heterocycles. The van der Waals surface area contributed by atoms with Crippen LogP contribution in [0.1, 0.15) is 17.0 Å². The topological polar surface area (TPSA) is 73.6 Å². The van der Waals surface area contributed by atoms with Crippen LogP contribution in [0.5, 0.6) is 11.5 Å². The van der Waals surface area contributed by atoms with E-state index in [0.717, 1.165) is 5.56 Å². The van der Waals surface area contributed by atoms with Crippen LogP contribution in [0.25, 0.3) is 11.5 Å². The average molecular weight is 368 g/mol. The van der Waals surface area contributed by atoms with Gasteiger partial charge in [0.1, 0.15) is 11.6 Å². The summed E-state index contributed by atoms with van der Waals surface area (Å²) in [5, 5.41) is 2.86. The molecule has 0 spiro atoms. The average Bonchev–Trinajstić information content (AvgIpc) is 3.27. The zero-order chi connectivity index (χ0) is 18.8. The zero-order valence-electron chi connectivity index (χ0n) is 14.6. The number of nitrogens with one attached hydrogen (secondary N) is 1. The molecule has 4 rings (SSSR count). The molecule has 27 heavy (non-hydrogen) atoms. The molecule has 138 valence electrons. The summed E-state index contributed by atoms with van der Waals surface area (Å²) in [6.07, 6.45) is 0.0983. The van der Waals surface area contributed by atoms with Gasteiger partial charge in [-0.05, 0) is 48.9 Å². The van der Waals surface area contributed by atoms with Crippen LogP contribution in [-0.2, 0) is 17.8 Å². The molecule has 0 fully saturated rings. The Morgan fingerprint density at radius 3 is 2.74 bits per heavy atom. The summed E-state index contributed by atoms with van der Waals surface area (Å²) in [5.41, 5.74) is 2.13. The van der Waals surface area contributed by atoms with E-state index in [1.54, 1.807) is 19.1 Å². The maximum Gasteiger partial charge on any atom is 0.231 e. The van der Waals surface area contributed by atoms with Crippen molar-refractivity contribution < 1.29 is 23.1 Å². The van der Waals surface area contributed by atoms with E-state index in [0.29, 0.717) is 41.0 Å². The van der Waals surface area contributed by atoms with Gasteiger partial charge in [-0.1, -0.05) is 6.07 Å². The molecule has 7 heteroatoms. The molecular weight excluding hydrogens is 351 g/mol. The van der Waals surface area contributed by atoms with Crippen LogP contribution >= 0.6 is 0 Å². The highest BCUT2D eigenvalue weighted by molar-refractivity contribution is 5.78. The second kappa shape index (κ2) is 7.11. The molecule has 6 nitrogen and oxygen atoms in total. The van der Waals surface area contributed by atoms with Gasteiger partial charge in [0.15, 0.2) is 11.5 Å². The normalized spacial score (nSPS) is 12.2. The maximum absolute atomic E-state index is 13.0. The number of amides is 1. The highest BCUT2D eigenvalue weighted by Gasteiger charge is 2.16. The molecule has 1 aliphatic rings. The third-order valence-corrected chi connectivity index (χ3v) is 4.24. The van der Waals surface area contributed by atoms with Crippen LogP contribution in [-0.4, -0.2) is 17.7 Å². The quantitative estimate of drug-likeness (QED) is 0.747. The Morgan fingerprint density at radius 1 is 1.15 bits per heavy atom. The molecule has 0 radical (unpaired) electrons.